The second kappa shape index (κ2) is 3.16. The van der Waals surface area contributed by atoms with Gasteiger partial charge in [-0.25, -0.2) is 0 Å². The maximum absolute atomic E-state index is 10.6. The molecule has 0 saturated carbocycles. The first-order valence-electron chi connectivity index (χ1n) is 3.65. The second-order valence-electron chi connectivity index (χ2n) is 2.63. The number of carbonyl (C=O) groups is 1. The highest BCUT2D eigenvalue weighted by atomic mass is 79.9. The van der Waals surface area contributed by atoms with Crippen LogP contribution in [0.3, 0.4) is 0 Å². The lowest BCUT2D eigenvalue weighted by atomic mass is 10.2. The summed E-state index contributed by atoms with van der Waals surface area (Å²) in [5, 5.41) is 1.49. The summed E-state index contributed by atoms with van der Waals surface area (Å²) < 4.78 is 0.725. The number of aromatic nitrogens is 1. The third kappa shape index (κ3) is 1.28. The van der Waals surface area contributed by atoms with E-state index in [9.17, 15) is 4.79 Å². The van der Waals surface area contributed by atoms with Crippen molar-refractivity contribution in [1.82, 2.24) is 4.98 Å². The summed E-state index contributed by atoms with van der Waals surface area (Å²) in [6.07, 6.45) is 0.764. The average Bonchev–Trinajstić information content (AvgIpc) is 2.44. The molecule has 0 spiro atoms. The van der Waals surface area contributed by atoms with Crippen molar-refractivity contribution in [3.05, 3.63) is 33.4 Å². The highest BCUT2D eigenvalue weighted by Gasteiger charge is 2.10. The molecule has 0 saturated heterocycles. The molecule has 2 aromatic rings. The van der Waals surface area contributed by atoms with E-state index in [1.807, 2.05) is 12.1 Å². The van der Waals surface area contributed by atoms with Gasteiger partial charge < -0.3 is 4.98 Å². The molecule has 0 unspecified atom stereocenters. The molecule has 1 N–H and O–H groups in total. The van der Waals surface area contributed by atoms with Crippen LogP contribution in [0, 0.1) is 0 Å². The van der Waals surface area contributed by atoms with Gasteiger partial charge in [-0.1, -0.05) is 17.7 Å². The van der Waals surface area contributed by atoms with Crippen LogP contribution in [0.5, 0.6) is 0 Å². The molecular formula is C9H5BrClNO. The van der Waals surface area contributed by atoms with Crippen molar-refractivity contribution in [2.75, 3.05) is 0 Å². The molecule has 2 rings (SSSR count). The topological polar surface area (TPSA) is 32.9 Å². The molecular weight excluding hydrogens is 253 g/mol. The van der Waals surface area contributed by atoms with Gasteiger partial charge in [0.05, 0.1) is 15.2 Å². The maximum atomic E-state index is 10.6. The summed E-state index contributed by atoms with van der Waals surface area (Å²) in [6, 6.07) is 5.50. The molecule has 0 radical (unpaired) electrons. The van der Waals surface area contributed by atoms with Crippen LogP contribution in [-0.2, 0) is 0 Å². The number of fused-ring (bicyclic) bond motifs is 1. The first-order chi connectivity index (χ1) is 6.24. The van der Waals surface area contributed by atoms with Crippen LogP contribution in [-0.4, -0.2) is 11.3 Å². The number of nitrogens with one attached hydrogen (secondary N) is 1. The highest BCUT2D eigenvalue weighted by molar-refractivity contribution is 9.10. The Kier molecular flexibility index (Phi) is 2.14. The molecule has 0 fully saturated rings. The number of halogens is 2. The van der Waals surface area contributed by atoms with Gasteiger partial charge in [-0.3, -0.25) is 4.79 Å². The quantitative estimate of drug-likeness (QED) is 0.781. The number of rotatable bonds is 1. The van der Waals surface area contributed by atoms with E-state index in [-0.39, 0.29) is 0 Å². The second-order valence-corrected chi connectivity index (χ2v) is 3.83. The van der Waals surface area contributed by atoms with Crippen LogP contribution in [0.15, 0.2) is 22.7 Å². The van der Waals surface area contributed by atoms with Gasteiger partial charge in [-0.05, 0) is 28.1 Å². The van der Waals surface area contributed by atoms with Crippen molar-refractivity contribution in [2.45, 2.75) is 0 Å². The third-order valence-corrected chi connectivity index (χ3v) is 3.00. The van der Waals surface area contributed by atoms with Crippen LogP contribution in [0.25, 0.3) is 10.9 Å². The Labute approximate surface area is 88.0 Å². The van der Waals surface area contributed by atoms with Crippen molar-refractivity contribution >= 4 is 44.7 Å². The number of H-pyrrole nitrogens is 1. The van der Waals surface area contributed by atoms with Gasteiger partial charge in [0.1, 0.15) is 0 Å². The Hall–Kier alpha value is -0.800. The fourth-order valence-electron chi connectivity index (χ4n) is 1.27. The normalized spacial score (nSPS) is 10.6. The summed E-state index contributed by atoms with van der Waals surface area (Å²) in [7, 11) is 0. The molecule has 1 heterocycles. The Morgan fingerprint density at radius 2 is 2.23 bits per heavy atom. The SMILES string of the molecule is O=Cc1[nH]c2cccc(Cl)c2c1Br. The summed E-state index contributed by atoms with van der Waals surface area (Å²) >= 11 is 9.28. The highest BCUT2D eigenvalue weighted by Crippen LogP contribution is 2.32. The van der Waals surface area contributed by atoms with Gasteiger partial charge >= 0.3 is 0 Å². The fraction of sp³-hybridized carbons (Fsp3) is 0. The smallest absolute Gasteiger partial charge is 0.167 e. The molecule has 2 nitrogen and oxygen atoms in total. The number of hydrogen-bond acceptors (Lipinski definition) is 1. The Balaban J connectivity index is 2.92. The Morgan fingerprint density at radius 1 is 1.46 bits per heavy atom. The van der Waals surface area contributed by atoms with Crippen molar-refractivity contribution in [1.29, 1.82) is 0 Å². The molecule has 1 aromatic carbocycles. The van der Waals surface area contributed by atoms with E-state index < -0.39 is 0 Å². The number of aromatic amines is 1. The van der Waals surface area contributed by atoms with Crippen LogP contribution in [0.2, 0.25) is 5.02 Å². The predicted molar refractivity (Wildman–Crippen MR) is 56.4 cm³/mol. The predicted octanol–water partition coefficient (Wildman–Crippen LogP) is 3.40. The maximum Gasteiger partial charge on any atom is 0.167 e. The lowest BCUT2D eigenvalue weighted by molar-refractivity contribution is 0.111. The van der Waals surface area contributed by atoms with E-state index in [1.165, 1.54) is 0 Å². The summed E-state index contributed by atoms with van der Waals surface area (Å²) in [5.41, 5.74) is 1.38. The minimum absolute atomic E-state index is 0.517. The van der Waals surface area contributed by atoms with E-state index in [0.717, 1.165) is 21.7 Å². The molecule has 4 heteroatoms. The molecule has 1 aromatic heterocycles. The Morgan fingerprint density at radius 3 is 2.85 bits per heavy atom. The van der Waals surface area contributed by atoms with Crippen LogP contribution >= 0.6 is 27.5 Å². The molecule has 66 valence electrons. The summed E-state index contributed by atoms with van der Waals surface area (Å²) in [5.74, 6) is 0. The fourth-order valence-corrected chi connectivity index (χ4v) is 2.27. The van der Waals surface area contributed by atoms with Crippen LogP contribution < -0.4 is 0 Å². The largest absolute Gasteiger partial charge is 0.351 e. The number of carbonyl (C=O) groups excluding carboxylic acids is 1. The Bertz CT molecular complexity index is 478. The van der Waals surface area contributed by atoms with E-state index in [1.54, 1.807) is 6.07 Å². The van der Waals surface area contributed by atoms with Gasteiger partial charge in [0.15, 0.2) is 6.29 Å². The van der Waals surface area contributed by atoms with Crippen molar-refractivity contribution in [2.24, 2.45) is 0 Å². The molecule has 0 aliphatic rings. The third-order valence-electron chi connectivity index (χ3n) is 1.86. The molecule has 0 amide bonds. The zero-order valence-electron chi connectivity index (χ0n) is 6.47. The van der Waals surface area contributed by atoms with E-state index in [4.69, 9.17) is 11.6 Å². The molecule has 0 aliphatic heterocycles. The van der Waals surface area contributed by atoms with Crippen LogP contribution in [0.4, 0.5) is 0 Å². The van der Waals surface area contributed by atoms with Crippen molar-refractivity contribution < 1.29 is 4.79 Å². The van der Waals surface area contributed by atoms with E-state index >= 15 is 0 Å². The van der Waals surface area contributed by atoms with E-state index in [0.29, 0.717) is 10.7 Å². The monoisotopic (exact) mass is 257 g/mol. The summed E-state index contributed by atoms with van der Waals surface area (Å²) in [4.78, 5) is 13.6. The zero-order chi connectivity index (χ0) is 9.42. The number of hydrogen-bond donors (Lipinski definition) is 1. The minimum Gasteiger partial charge on any atom is -0.351 e. The molecule has 13 heavy (non-hydrogen) atoms. The lowest BCUT2D eigenvalue weighted by Crippen LogP contribution is -1.76. The molecule has 0 atom stereocenters. The average molecular weight is 259 g/mol. The minimum atomic E-state index is 0.517. The van der Waals surface area contributed by atoms with Gasteiger partial charge in [0.25, 0.3) is 0 Å². The number of aldehydes is 1. The van der Waals surface area contributed by atoms with Crippen molar-refractivity contribution in [3.8, 4) is 0 Å². The number of benzene rings is 1. The van der Waals surface area contributed by atoms with Gasteiger partial charge in [0.2, 0.25) is 0 Å². The van der Waals surface area contributed by atoms with Gasteiger partial charge in [0, 0.05) is 10.9 Å². The first-order valence-corrected chi connectivity index (χ1v) is 4.82. The van der Waals surface area contributed by atoms with Crippen molar-refractivity contribution in [3.63, 3.8) is 0 Å². The van der Waals surface area contributed by atoms with Crippen LogP contribution in [0.1, 0.15) is 10.5 Å². The summed E-state index contributed by atoms with van der Waals surface area (Å²) in [6.45, 7) is 0. The standard InChI is InChI=1S/C9H5BrClNO/c10-9-7(4-13)12-6-3-1-2-5(11)8(6)9/h1-4,12H. The first kappa shape index (κ1) is 8.78. The lowest BCUT2D eigenvalue weighted by Gasteiger charge is -1.92. The van der Waals surface area contributed by atoms with Gasteiger partial charge in [-0.15, -0.1) is 0 Å². The van der Waals surface area contributed by atoms with E-state index in [2.05, 4.69) is 20.9 Å². The molecule has 0 aliphatic carbocycles. The van der Waals surface area contributed by atoms with Gasteiger partial charge in [-0.2, -0.15) is 0 Å². The zero-order valence-corrected chi connectivity index (χ0v) is 8.82. The molecule has 0 bridgehead atoms.